The summed E-state index contributed by atoms with van der Waals surface area (Å²) in [4.78, 5) is 37.5. The Morgan fingerprint density at radius 2 is 1.77 bits per heavy atom. The van der Waals surface area contributed by atoms with Crippen LogP contribution in [0.2, 0.25) is 5.02 Å². The zero-order valence-electron chi connectivity index (χ0n) is 26.3. The number of Topliss-reactive ketones (excluding diaryl/α,β-unsaturated/α-hetero) is 1. The molecule has 2 aliphatic carbocycles. The fourth-order valence-corrected chi connectivity index (χ4v) is 6.92. The predicted octanol–water partition coefficient (Wildman–Crippen LogP) is 7.15. The van der Waals surface area contributed by atoms with Crippen LogP contribution in [0.25, 0.3) is 17.7 Å². The second-order valence-electron chi connectivity index (χ2n) is 11.8. The highest BCUT2D eigenvalue weighted by Gasteiger charge is 2.31. The molecular weight excluding hydrogens is 612 g/mol. The number of ketones is 1. The summed E-state index contributed by atoms with van der Waals surface area (Å²) < 4.78 is 5.16. The van der Waals surface area contributed by atoms with Crippen molar-refractivity contribution in [1.29, 1.82) is 0 Å². The molecule has 4 aromatic carbocycles. The van der Waals surface area contributed by atoms with Crippen molar-refractivity contribution in [2.24, 2.45) is 5.92 Å². The molecule has 1 heterocycles. The molecule has 1 aliphatic heterocycles. The number of fused-ring (bicyclic) bond motifs is 5. The summed E-state index contributed by atoms with van der Waals surface area (Å²) in [6.07, 6.45) is 11.3. The number of rotatable bonds is 4. The molecule has 2 unspecified atom stereocenters. The number of para-hydroxylation sites is 1. The molecule has 0 aromatic heterocycles. The van der Waals surface area contributed by atoms with Gasteiger partial charge in [-0.05, 0) is 93.1 Å². The molecule has 8 heteroatoms. The van der Waals surface area contributed by atoms with Crippen LogP contribution in [-0.4, -0.2) is 23.8 Å². The van der Waals surface area contributed by atoms with Crippen LogP contribution in [0.1, 0.15) is 51.9 Å². The molecule has 0 spiro atoms. The number of hydrogen-bond donors (Lipinski definition) is 1. The maximum absolute atomic E-state index is 13.8. The lowest BCUT2D eigenvalue weighted by Crippen LogP contribution is -2.32. The Hall–Kier alpha value is -5.27. The number of hydrogen-bond acceptors (Lipinski definition) is 6. The number of non-ortho nitro benzene ring substituents is 1. The summed E-state index contributed by atoms with van der Waals surface area (Å²) >= 11 is 6.49. The van der Waals surface area contributed by atoms with E-state index in [1.54, 1.807) is 13.0 Å². The molecule has 2 atom stereocenters. The molecule has 0 fully saturated rings. The Morgan fingerprint density at radius 3 is 2.53 bits per heavy atom. The number of nitrogens with one attached hydrogen (secondary N) is 1. The van der Waals surface area contributed by atoms with Crippen LogP contribution in [0.15, 0.2) is 91.1 Å². The van der Waals surface area contributed by atoms with E-state index in [0.29, 0.717) is 28.1 Å². The Morgan fingerprint density at radius 1 is 0.979 bits per heavy atom. The molecule has 0 saturated heterocycles. The van der Waals surface area contributed by atoms with Crippen molar-refractivity contribution in [2.75, 3.05) is 12.4 Å². The van der Waals surface area contributed by atoms with E-state index in [-0.39, 0.29) is 23.4 Å². The lowest BCUT2D eigenvalue weighted by atomic mass is 9.76. The molecule has 3 aliphatic rings. The molecular formula is C39H33ClN2O5. The number of ether oxygens (including phenoxy) is 1. The highest BCUT2D eigenvalue weighted by atomic mass is 35.5. The minimum Gasteiger partial charge on any atom is -0.468 e. The lowest BCUT2D eigenvalue weighted by Gasteiger charge is -2.27. The molecule has 0 radical (unpaired) electrons. The summed E-state index contributed by atoms with van der Waals surface area (Å²) in [6, 6.07) is 22.1. The molecule has 0 saturated carbocycles. The number of aryl methyl sites for hydroxylation is 1. The number of carbonyl (C=O) groups excluding carboxylic acids is 2. The number of esters is 1. The zero-order chi connectivity index (χ0) is 33.2. The molecule has 4 aromatic rings. The first kappa shape index (κ1) is 31.7. The number of nitrogens with zero attached hydrogens (tertiary/aromatic N) is 1. The van der Waals surface area contributed by atoms with Crippen molar-refractivity contribution >= 4 is 52.5 Å². The number of methoxy groups -OCH3 is 1. The molecule has 1 N–H and O–H groups in total. The van der Waals surface area contributed by atoms with Gasteiger partial charge >= 0.3 is 5.97 Å². The standard InChI is InChI=1S/C29H24ClNO5.C10H9N/c1-15-7-9-22-21(26(15)28(32)18-10-8-17(31(34)35)13-16(18)2)12-11-20-19-5-4-6-25(30)23(19)14-24(27(20)22)29(33)36-3;1-2-7-10-9(5-1)6-3-4-8-11-10/h4-6,8,10-15,24H,7,9H2,1-3H3;1-8,11H. The van der Waals surface area contributed by atoms with Gasteiger partial charge in [0.25, 0.3) is 5.69 Å². The van der Waals surface area contributed by atoms with Gasteiger partial charge in [0.2, 0.25) is 0 Å². The van der Waals surface area contributed by atoms with E-state index >= 15 is 0 Å². The Bertz CT molecular complexity index is 2240. The van der Waals surface area contributed by atoms with E-state index in [0.717, 1.165) is 44.1 Å². The number of nitro benzene ring substituents is 1. The Kier molecular flexibility index (Phi) is 8.92. The summed E-state index contributed by atoms with van der Waals surface area (Å²) in [5.74, 6) is -1.18. The quantitative estimate of drug-likeness (QED) is 0.110. The average molecular weight is 645 g/mol. The van der Waals surface area contributed by atoms with Crippen molar-refractivity contribution in [1.82, 2.24) is 0 Å². The molecule has 7 nitrogen and oxygen atoms in total. The van der Waals surface area contributed by atoms with Crippen LogP contribution in [0.5, 0.6) is 0 Å². The maximum Gasteiger partial charge on any atom is 0.317 e. The Balaban J connectivity index is 0.000000295. The van der Waals surface area contributed by atoms with Gasteiger partial charge in [0.1, 0.15) is 5.92 Å². The van der Waals surface area contributed by atoms with Gasteiger partial charge in [-0.2, -0.15) is 0 Å². The first-order chi connectivity index (χ1) is 22.7. The lowest BCUT2D eigenvalue weighted by molar-refractivity contribution is -0.384. The summed E-state index contributed by atoms with van der Waals surface area (Å²) in [6.45, 7) is 3.74. The highest BCUT2D eigenvalue weighted by Crippen LogP contribution is 2.33. The second kappa shape index (κ2) is 13.2. The van der Waals surface area contributed by atoms with E-state index < -0.39 is 10.8 Å². The van der Waals surface area contributed by atoms with Crippen LogP contribution in [-0.2, 0) is 16.0 Å². The minimum absolute atomic E-state index is 0.0106. The van der Waals surface area contributed by atoms with Crippen LogP contribution < -0.4 is 15.8 Å². The summed E-state index contributed by atoms with van der Waals surface area (Å²) in [5, 5.41) is 18.4. The van der Waals surface area contributed by atoms with E-state index in [9.17, 15) is 19.7 Å². The predicted molar refractivity (Wildman–Crippen MR) is 185 cm³/mol. The number of carbonyl (C=O) groups is 2. The van der Waals surface area contributed by atoms with E-state index in [4.69, 9.17) is 16.3 Å². The van der Waals surface area contributed by atoms with Crippen molar-refractivity contribution < 1.29 is 19.2 Å². The number of allylic oxidation sites excluding steroid dienone is 2. The second-order valence-corrected chi connectivity index (χ2v) is 12.2. The van der Waals surface area contributed by atoms with Crippen molar-refractivity contribution in [2.45, 2.75) is 32.6 Å². The maximum atomic E-state index is 13.8. The molecule has 47 heavy (non-hydrogen) atoms. The zero-order valence-corrected chi connectivity index (χ0v) is 27.0. The van der Waals surface area contributed by atoms with Crippen LogP contribution >= 0.6 is 11.6 Å². The number of nitro groups is 1. The van der Waals surface area contributed by atoms with E-state index in [1.165, 1.54) is 30.9 Å². The number of halogens is 1. The number of benzene rings is 4. The van der Waals surface area contributed by atoms with E-state index in [2.05, 4.69) is 23.5 Å². The van der Waals surface area contributed by atoms with Gasteiger partial charge in [0.05, 0.1) is 12.0 Å². The normalized spacial score (nSPS) is 16.8. The fraction of sp³-hybridized carbons (Fsp3) is 0.179. The van der Waals surface area contributed by atoms with Crippen molar-refractivity contribution in [3.63, 3.8) is 0 Å². The largest absolute Gasteiger partial charge is 0.468 e. The van der Waals surface area contributed by atoms with Gasteiger partial charge in [0, 0.05) is 40.2 Å². The first-order valence-corrected chi connectivity index (χ1v) is 15.8. The van der Waals surface area contributed by atoms with Crippen LogP contribution in [0, 0.1) is 33.4 Å². The third-order valence-electron chi connectivity index (χ3n) is 9.00. The van der Waals surface area contributed by atoms with Crippen molar-refractivity contribution in [3.8, 4) is 0 Å². The number of anilines is 1. The third-order valence-corrected chi connectivity index (χ3v) is 9.33. The molecule has 0 amide bonds. The van der Waals surface area contributed by atoms with Gasteiger partial charge in [-0.15, -0.1) is 0 Å². The average Bonchev–Trinajstić information content (AvgIpc) is 3.33. The van der Waals surface area contributed by atoms with Crippen LogP contribution in [0.4, 0.5) is 11.4 Å². The first-order valence-electron chi connectivity index (χ1n) is 15.4. The van der Waals surface area contributed by atoms with Gasteiger partial charge < -0.3 is 10.1 Å². The topological polar surface area (TPSA) is 98.5 Å². The summed E-state index contributed by atoms with van der Waals surface area (Å²) in [5.41, 5.74) is 5.84. The fourth-order valence-electron chi connectivity index (χ4n) is 6.69. The monoisotopic (exact) mass is 644 g/mol. The van der Waals surface area contributed by atoms with Gasteiger partial charge in [-0.1, -0.05) is 79.2 Å². The minimum atomic E-state index is -0.641. The van der Waals surface area contributed by atoms with Crippen molar-refractivity contribution in [3.05, 3.63) is 155 Å². The smallest absolute Gasteiger partial charge is 0.317 e. The van der Waals surface area contributed by atoms with E-state index in [1.807, 2.05) is 67.7 Å². The molecule has 236 valence electrons. The Labute approximate surface area is 277 Å². The third kappa shape index (κ3) is 6.02. The molecule has 0 bridgehead atoms. The molecule has 7 rings (SSSR count). The summed E-state index contributed by atoms with van der Waals surface area (Å²) in [7, 11) is 1.37. The van der Waals surface area contributed by atoms with Gasteiger partial charge in [-0.3, -0.25) is 19.7 Å². The van der Waals surface area contributed by atoms with Gasteiger partial charge in [-0.25, -0.2) is 0 Å². The highest BCUT2D eigenvalue weighted by molar-refractivity contribution is 6.30. The van der Waals surface area contributed by atoms with Gasteiger partial charge in [0.15, 0.2) is 5.78 Å². The SMILES string of the molecule is C1=CNc2ccccc2C=C1.COC(=O)C1C=c2c(Cl)cccc2=c2ccc3c(c21)CCC(C)C=3C(=O)c1ccc([N+](=O)[O-])cc1C. The van der Waals surface area contributed by atoms with Crippen LogP contribution in [0.3, 0.4) is 0 Å².